The number of ether oxygens (including phenoxy) is 2. The first kappa shape index (κ1) is 17.3. The first-order valence-corrected chi connectivity index (χ1v) is 7.99. The van der Waals surface area contributed by atoms with Crippen molar-refractivity contribution < 1.29 is 27.8 Å². The van der Waals surface area contributed by atoms with E-state index in [2.05, 4.69) is 15.9 Å². The molecule has 0 aromatic heterocycles. The van der Waals surface area contributed by atoms with E-state index in [0.717, 1.165) is 12.1 Å². The maximum Gasteiger partial charge on any atom is 0.340 e. The second-order valence-electron chi connectivity index (χ2n) is 5.31. The van der Waals surface area contributed by atoms with Gasteiger partial charge in [0, 0.05) is 4.47 Å². The van der Waals surface area contributed by atoms with Crippen LogP contribution in [0.3, 0.4) is 0 Å². The van der Waals surface area contributed by atoms with Crippen molar-refractivity contribution in [3.8, 4) is 5.75 Å². The Morgan fingerprint density at radius 3 is 2.72 bits per heavy atom. The molecule has 1 heterocycles. The molecule has 0 fully saturated rings. The fourth-order valence-corrected chi connectivity index (χ4v) is 2.99. The summed E-state index contributed by atoms with van der Waals surface area (Å²) < 4.78 is 37.3. The number of amides is 1. The van der Waals surface area contributed by atoms with E-state index >= 15 is 0 Å². The van der Waals surface area contributed by atoms with Crippen LogP contribution in [0.25, 0.3) is 0 Å². The average Bonchev–Trinajstić information content (AvgIpc) is 2.59. The molecule has 1 amide bonds. The molecular formula is C17H12BrF2NO4. The van der Waals surface area contributed by atoms with Crippen LogP contribution in [0.4, 0.5) is 14.5 Å². The number of carbonyl (C=O) groups is 2. The van der Waals surface area contributed by atoms with E-state index in [1.807, 2.05) is 0 Å². The predicted molar refractivity (Wildman–Crippen MR) is 88.5 cm³/mol. The molecule has 0 saturated carbocycles. The topological polar surface area (TPSA) is 55.8 Å². The molecule has 8 heteroatoms. The molecule has 2 aromatic carbocycles. The van der Waals surface area contributed by atoms with Crippen molar-refractivity contribution in [1.82, 2.24) is 0 Å². The van der Waals surface area contributed by atoms with Crippen molar-refractivity contribution in [2.75, 3.05) is 18.6 Å². The number of fused-ring (bicyclic) bond motifs is 1. The summed E-state index contributed by atoms with van der Waals surface area (Å²) in [5.74, 6) is -2.73. The fourth-order valence-electron chi connectivity index (χ4n) is 2.56. The van der Waals surface area contributed by atoms with Crippen LogP contribution in [0.1, 0.15) is 15.9 Å². The lowest BCUT2D eigenvalue weighted by Gasteiger charge is -2.31. The Bertz CT molecular complexity index is 872. The summed E-state index contributed by atoms with van der Waals surface area (Å²) in [7, 11) is 1.22. The van der Waals surface area contributed by atoms with Crippen LogP contribution in [0.5, 0.6) is 5.75 Å². The molecule has 0 atom stereocenters. The van der Waals surface area contributed by atoms with E-state index in [1.54, 1.807) is 6.07 Å². The third-order valence-corrected chi connectivity index (χ3v) is 4.15. The maximum atomic E-state index is 13.5. The van der Waals surface area contributed by atoms with E-state index in [9.17, 15) is 18.4 Å². The van der Waals surface area contributed by atoms with Gasteiger partial charge in [0.25, 0.3) is 5.91 Å². The van der Waals surface area contributed by atoms with Crippen LogP contribution in [0.15, 0.2) is 34.8 Å². The summed E-state index contributed by atoms with van der Waals surface area (Å²) in [5.41, 5.74) is 0.734. The minimum atomic E-state index is -1.01. The summed E-state index contributed by atoms with van der Waals surface area (Å²) >= 11 is 3.28. The van der Waals surface area contributed by atoms with E-state index in [1.165, 1.54) is 24.1 Å². The minimum Gasteiger partial charge on any atom is -0.481 e. The molecule has 0 saturated heterocycles. The molecule has 0 bridgehead atoms. The number of hydrogen-bond acceptors (Lipinski definition) is 4. The van der Waals surface area contributed by atoms with Gasteiger partial charge in [-0.05, 0) is 29.8 Å². The Balaban J connectivity index is 2.08. The van der Waals surface area contributed by atoms with Crippen molar-refractivity contribution in [3.63, 3.8) is 0 Å². The van der Waals surface area contributed by atoms with Crippen molar-refractivity contribution in [2.24, 2.45) is 0 Å². The van der Waals surface area contributed by atoms with Gasteiger partial charge in [0.05, 0.1) is 19.2 Å². The summed E-state index contributed by atoms with van der Waals surface area (Å²) in [5, 5.41) is 0. The van der Waals surface area contributed by atoms with Gasteiger partial charge >= 0.3 is 5.97 Å². The number of carbonyl (C=O) groups excluding carboxylic acids is 2. The number of esters is 1. The summed E-state index contributed by atoms with van der Waals surface area (Å²) in [6.45, 7) is -0.272. The van der Waals surface area contributed by atoms with Gasteiger partial charge in [-0.1, -0.05) is 22.0 Å². The van der Waals surface area contributed by atoms with Gasteiger partial charge in [-0.2, -0.15) is 0 Å². The number of nitrogens with zero attached hydrogens (tertiary/aromatic N) is 1. The Hall–Kier alpha value is -2.48. The molecule has 1 aliphatic rings. The number of methoxy groups -OCH3 is 1. The van der Waals surface area contributed by atoms with E-state index in [-0.39, 0.29) is 24.4 Å². The zero-order chi connectivity index (χ0) is 18.1. The molecule has 5 nitrogen and oxygen atoms in total. The molecule has 0 N–H and O–H groups in total. The van der Waals surface area contributed by atoms with Gasteiger partial charge in [0.15, 0.2) is 18.2 Å². The molecule has 130 valence electrons. The van der Waals surface area contributed by atoms with Crippen molar-refractivity contribution in [2.45, 2.75) is 6.54 Å². The zero-order valence-corrected chi connectivity index (χ0v) is 14.6. The largest absolute Gasteiger partial charge is 0.481 e. The Kier molecular flexibility index (Phi) is 4.71. The molecule has 2 aromatic rings. The zero-order valence-electron chi connectivity index (χ0n) is 13.0. The molecule has 0 unspecified atom stereocenters. The Morgan fingerprint density at radius 2 is 2.04 bits per heavy atom. The van der Waals surface area contributed by atoms with Crippen LogP contribution >= 0.6 is 15.9 Å². The normalized spacial score (nSPS) is 13.3. The second-order valence-corrected chi connectivity index (χ2v) is 6.22. The van der Waals surface area contributed by atoms with E-state index in [4.69, 9.17) is 9.47 Å². The van der Waals surface area contributed by atoms with Gasteiger partial charge in [0.1, 0.15) is 11.4 Å². The van der Waals surface area contributed by atoms with E-state index in [0.29, 0.717) is 15.8 Å². The highest BCUT2D eigenvalue weighted by Crippen LogP contribution is 2.39. The molecule has 0 spiro atoms. The minimum absolute atomic E-state index is 0.0436. The fraction of sp³-hybridized carbons (Fsp3) is 0.176. The number of hydrogen-bond donors (Lipinski definition) is 0. The monoisotopic (exact) mass is 411 g/mol. The van der Waals surface area contributed by atoms with E-state index < -0.39 is 23.5 Å². The third-order valence-electron chi connectivity index (χ3n) is 3.69. The van der Waals surface area contributed by atoms with Gasteiger partial charge < -0.3 is 14.4 Å². The number of benzene rings is 2. The maximum absolute atomic E-state index is 13.5. The summed E-state index contributed by atoms with van der Waals surface area (Å²) in [6.07, 6.45) is 0. The molecule has 1 aliphatic heterocycles. The molecule has 25 heavy (non-hydrogen) atoms. The van der Waals surface area contributed by atoms with Crippen molar-refractivity contribution in [1.29, 1.82) is 0 Å². The van der Waals surface area contributed by atoms with Gasteiger partial charge in [-0.25, -0.2) is 13.6 Å². The lowest BCUT2D eigenvalue weighted by molar-refractivity contribution is -0.121. The third kappa shape index (κ3) is 3.34. The highest BCUT2D eigenvalue weighted by Gasteiger charge is 2.31. The van der Waals surface area contributed by atoms with Crippen LogP contribution in [0.2, 0.25) is 0 Å². The molecule has 0 radical (unpaired) electrons. The first-order chi connectivity index (χ1) is 11.9. The first-order valence-electron chi connectivity index (χ1n) is 7.19. The summed E-state index contributed by atoms with van der Waals surface area (Å²) in [6, 6.07) is 6.49. The number of halogens is 3. The SMILES string of the molecule is COC(=O)c1cc(Br)cc2c1N(Cc1ccc(F)c(F)c1)C(=O)CO2. The van der Waals surface area contributed by atoms with Crippen molar-refractivity contribution >= 4 is 33.5 Å². The van der Waals surface area contributed by atoms with Gasteiger partial charge in [-0.15, -0.1) is 0 Å². The second kappa shape index (κ2) is 6.79. The molecule has 0 aliphatic carbocycles. The Morgan fingerprint density at radius 1 is 1.28 bits per heavy atom. The Labute approximate surface area is 150 Å². The smallest absolute Gasteiger partial charge is 0.340 e. The highest BCUT2D eigenvalue weighted by molar-refractivity contribution is 9.10. The highest BCUT2D eigenvalue weighted by atomic mass is 79.9. The van der Waals surface area contributed by atoms with Gasteiger partial charge in [0.2, 0.25) is 0 Å². The van der Waals surface area contributed by atoms with Crippen LogP contribution < -0.4 is 9.64 Å². The number of anilines is 1. The van der Waals surface area contributed by atoms with Crippen LogP contribution in [-0.4, -0.2) is 25.6 Å². The average molecular weight is 412 g/mol. The molecule has 3 rings (SSSR count). The van der Waals surface area contributed by atoms with Crippen LogP contribution in [-0.2, 0) is 16.1 Å². The lowest BCUT2D eigenvalue weighted by atomic mass is 10.1. The standard InChI is InChI=1S/C17H12BrF2NO4/c1-24-17(23)11-5-10(18)6-14-16(11)21(15(22)8-25-14)7-9-2-3-12(19)13(20)4-9/h2-6H,7-8H2,1H3. The molecular weight excluding hydrogens is 400 g/mol. The lowest BCUT2D eigenvalue weighted by Crippen LogP contribution is -2.39. The summed E-state index contributed by atoms with van der Waals surface area (Å²) in [4.78, 5) is 25.7. The van der Waals surface area contributed by atoms with Crippen LogP contribution in [0, 0.1) is 11.6 Å². The quantitative estimate of drug-likeness (QED) is 0.725. The van der Waals surface area contributed by atoms with Crippen molar-refractivity contribution in [3.05, 3.63) is 57.6 Å². The predicted octanol–water partition coefficient (Wildman–Crippen LogP) is 3.44. The van der Waals surface area contributed by atoms with Gasteiger partial charge in [-0.3, -0.25) is 4.79 Å². The number of rotatable bonds is 3.